The van der Waals surface area contributed by atoms with Crippen molar-refractivity contribution in [2.75, 3.05) is 13.1 Å². The van der Waals surface area contributed by atoms with Gasteiger partial charge in [-0.1, -0.05) is 6.92 Å². The van der Waals surface area contributed by atoms with E-state index in [4.69, 9.17) is 0 Å². The zero-order valence-corrected chi connectivity index (χ0v) is 7.62. The number of hydrogen-bond acceptors (Lipinski definition) is 2. The van der Waals surface area contributed by atoms with Crippen LogP contribution in [-0.4, -0.2) is 22.6 Å². The molecule has 3 nitrogen and oxygen atoms in total. The number of hydrogen-bond donors (Lipinski definition) is 1. The van der Waals surface area contributed by atoms with Crippen LogP contribution < -0.4 is 5.32 Å². The topological polar surface area (TPSA) is 29.9 Å². The first kappa shape index (κ1) is 7.80. The number of nitrogens with zero attached hydrogens (tertiary/aromatic N) is 2. The van der Waals surface area contributed by atoms with Crippen molar-refractivity contribution in [3.8, 4) is 0 Å². The van der Waals surface area contributed by atoms with E-state index in [-0.39, 0.29) is 0 Å². The fourth-order valence-electron chi connectivity index (χ4n) is 1.83. The summed E-state index contributed by atoms with van der Waals surface area (Å²) in [6.07, 6.45) is 3.99. The smallest absolute Gasteiger partial charge is 0.0946 e. The van der Waals surface area contributed by atoms with Crippen molar-refractivity contribution < 1.29 is 0 Å². The molecule has 0 radical (unpaired) electrons. The van der Waals surface area contributed by atoms with E-state index in [9.17, 15) is 0 Å². The first-order valence-corrected chi connectivity index (χ1v) is 4.46. The lowest BCUT2D eigenvalue weighted by atomic mass is 9.95. The van der Waals surface area contributed by atoms with Gasteiger partial charge < -0.3 is 9.88 Å². The molecule has 3 heteroatoms. The molecular weight excluding hydrogens is 150 g/mol. The van der Waals surface area contributed by atoms with E-state index in [0.717, 1.165) is 19.0 Å². The Morgan fingerprint density at radius 1 is 1.58 bits per heavy atom. The van der Waals surface area contributed by atoms with Gasteiger partial charge in [-0.3, -0.25) is 0 Å². The predicted molar refractivity (Wildman–Crippen MR) is 48.0 cm³/mol. The third-order valence-electron chi connectivity index (χ3n) is 2.62. The molecule has 0 aromatic carbocycles. The maximum absolute atomic E-state index is 4.37. The third kappa shape index (κ3) is 1.25. The van der Waals surface area contributed by atoms with E-state index in [1.165, 1.54) is 5.69 Å². The van der Waals surface area contributed by atoms with Crippen LogP contribution in [0.3, 0.4) is 0 Å². The predicted octanol–water partition coefficient (Wildman–Crippen LogP) is 0.743. The Morgan fingerprint density at radius 3 is 2.92 bits per heavy atom. The highest BCUT2D eigenvalue weighted by molar-refractivity contribution is 5.09. The van der Waals surface area contributed by atoms with Gasteiger partial charge in [0.25, 0.3) is 0 Å². The standard InChI is InChI=1S/C9H15N3/c1-7-3-10-4-8(7)9-5-12(2)6-11-9/h5-8,10H,3-4H2,1-2H3. The Morgan fingerprint density at radius 2 is 2.42 bits per heavy atom. The fourth-order valence-corrected chi connectivity index (χ4v) is 1.83. The molecule has 1 aliphatic rings. The molecule has 1 fully saturated rings. The molecule has 1 saturated heterocycles. The minimum absolute atomic E-state index is 0.617. The minimum Gasteiger partial charge on any atom is -0.340 e. The fraction of sp³-hybridized carbons (Fsp3) is 0.667. The molecule has 0 bridgehead atoms. The van der Waals surface area contributed by atoms with Crippen LogP contribution in [0.5, 0.6) is 0 Å². The molecule has 2 heterocycles. The number of aryl methyl sites for hydroxylation is 1. The SMILES string of the molecule is CC1CNCC1c1cn(C)cn1. The van der Waals surface area contributed by atoms with E-state index in [2.05, 4.69) is 23.4 Å². The van der Waals surface area contributed by atoms with E-state index >= 15 is 0 Å². The van der Waals surface area contributed by atoms with Gasteiger partial charge in [-0.25, -0.2) is 4.98 Å². The average molecular weight is 165 g/mol. The van der Waals surface area contributed by atoms with Crippen molar-refractivity contribution in [1.82, 2.24) is 14.9 Å². The Kier molecular flexibility index (Phi) is 1.89. The quantitative estimate of drug-likeness (QED) is 0.665. The van der Waals surface area contributed by atoms with Crippen LogP contribution in [0.15, 0.2) is 12.5 Å². The summed E-state index contributed by atoms with van der Waals surface area (Å²) in [6, 6.07) is 0. The van der Waals surface area contributed by atoms with E-state index in [1.54, 1.807) is 0 Å². The Hall–Kier alpha value is -0.830. The van der Waals surface area contributed by atoms with Gasteiger partial charge in [0.1, 0.15) is 0 Å². The van der Waals surface area contributed by atoms with Gasteiger partial charge in [0.15, 0.2) is 0 Å². The Labute approximate surface area is 72.8 Å². The van der Waals surface area contributed by atoms with E-state index < -0.39 is 0 Å². The molecule has 2 rings (SSSR count). The highest BCUT2D eigenvalue weighted by atomic mass is 15.0. The highest BCUT2D eigenvalue weighted by Crippen LogP contribution is 2.25. The molecule has 0 saturated carbocycles. The van der Waals surface area contributed by atoms with Crippen molar-refractivity contribution in [3.63, 3.8) is 0 Å². The summed E-state index contributed by atoms with van der Waals surface area (Å²) in [5.41, 5.74) is 1.23. The Bertz CT molecular complexity index is 266. The molecule has 12 heavy (non-hydrogen) atoms. The van der Waals surface area contributed by atoms with Gasteiger partial charge in [0.2, 0.25) is 0 Å². The van der Waals surface area contributed by atoms with Crippen molar-refractivity contribution in [1.29, 1.82) is 0 Å². The van der Waals surface area contributed by atoms with Crippen molar-refractivity contribution >= 4 is 0 Å². The van der Waals surface area contributed by atoms with Gasteiger partial charge in [-0.2, -0.15) is 0 Å². The molecule has 0 amide bonds. The van der Waals surface area contributed by atoms with Crippen LogP contribution in [0.25, 0.3) is 0 Å². The largest absolute Gasteiger partial charge is 0.340 e. The molecule has 66 valence electrons. The van der Waals surface area contributed by atoms with Crippen LogP contribution >= 0.6 is 0 Å². The lowest BCUT2D eigenvalue weighted by molar-refractivity contribution is 0.562. The molecule has 0 aliphatic carbocycles. The van der Waals surface area contributed by atoms with Gasteiger partial charge in [0.05, 0.1) is 12.0 Å². The van der Waals surface area contributed by atoms with Crippen LogP contribution in [-0.2, 0) is 7.05 Å². The first-order valence-electron chi connectivity index (χ1n) is 4.46. The van der Waals surface area contributed by atoms with Crippen LogP contribution in [0, 0.1) is 5.92 Å². The van der Waals surface area contributed by atoms with Crippen molar-refractivity contribution in [2.45, 2.75) is 12.8 Å². The summed E-state index contributed by atoms with van der Waals surface area (Å²) in [4.78, 5) is 4.37. The molecular formula is C9H15N3. The van der Waals surface area contributed by atoms with Gasteiger partial charge in [0, 0.05) is 25.7 Å². The monoisotopic (exact) mass is 165 g/mol. The third-order valence-corrected chi connectivity index (χ3v) is 2.62. The second-order valence-electron chi connectivity index (χ2n) is 3.71. The molecule has 2 unspecified atom stereocenters. The normalized spacial score (nSPS) is 29.5. The number of nitrogens with one attached hydrogen (secondary N) is 1. The number of rotatable bonds is 1. The average Bonchev–Trinajstić information content (AvgIpc) is 2.58. The molecule has 2 atom stereocenters. The summed E-state index contributed by atoms with van der Waals surface area (Å²) < 4.78 is 2.01. The molecule has 1 aliphatic heterocycles. The van der Waals surface area contributed by atoms with Crippen molar-refractivity contribution in [3.05, 3.63) is 18.2 Å². The lowest BCUT2D eigenvalue weighted by Crippen LogP contribution is -2.08. The number of aromatic nitrogens is 2. The lowest BCUT2D eigenvalue weighted by Gasteiger charge is -2.09. The molecule has 0 spiro atoms. The number of imidazole rings is 1. The molecule has 1 N–H and O–H groups in total. The maximum atomic E-state index is 4.37. The first-order chi connectivity index (χ1) is 5.77. The van der Waals surface area contributed by atoms with Gasteiger partial charge in [-0.15, -0.1) is 0 Å². The van der Waals surface area contributed by atoms with Crippen LogP contribution in [0.4, 0.5) is 0 Å². The summed E-state index contributed by atoms with van der Waals surface area (Å²) in [5, 5.41) is 3.38. The zero-order valence-electron chi connectivity index (χ0n) is 7.62. The van der Waals surface area contributed by atoms with Gasteiger partial charge >= 0.3 is 0 Å². The summed E-state index contributed by atoms with van der Waals surface area (Å²) in [7, 11) is 2.02. The Balaban J connectivity index is 2.19. The van der Waals surface area contributed by atoms with E-state index in [1.807, 2.05) is 17.9 Å². The van der Waals surface area contributed by atoms with Crippen LogP contribution in [0.2, 0.25) is 0 Å². The van der Waals surface area contributed by atoms with Crippen molar-refractivity contribution in [2.24, 2.45) is 13.0 Å². The minimum atomic E-state index is 0.617. The summed E-state index contributed by atoms with van der Waals surface area (Å²) in [6.45, 7) is 4.48. The zero-order chi connectivity index (χ0) is 8.55. The maximum Gasteiger partial charge on any atom is 0.0946 e. The second-order valence-corrected chi connectivity index (χ2v) is 3.71. The molecule has 1 aromatic rings. The second kappa shape index (κ2) is 2.90. The van der Waals surface area contributed by atoms with Crippen LogP contribution in [0.1, 0.15) is 18.5 Å². The summed E-state index contributed by atoms with van der Waals surface area (Å²) in [5.74, 6) is 1.34. The van der Waals surface area contributed by atoms with Gasteiger partial charge in [-0.05, 0) is 12.5 Å². The molecule has 1 aromatic heterocycles. The summed E-state index contributed by atoms with van der Waals surface area (Å²) >= 11 is 0. The van der Waals surface area contributed by atoms with E-state index in [0.29, 0.717) is 5.92 Å². The highest BCUT2D eigenvalue weighted by Gasteiger charge is 2.25.